The Kier molecular flexibility index (Phi) is 12.6. The largest absolute Gasteiger partial charge is 0.347 e. The van der Waals surface area contributed by atoms with Crippen molar-refractivity contribution in [2.24, 2.45) is 5.41 Å². The van der Waals surface area contributed by atoms with Crippen molar-refractivity contribution < 1.29 is 28.2 Å². The first-order valence-electron chi connectivity index (χ1n) is 15.3. The highest BCUT2D eigenvalue weighted by molar-refractivity contribution is 7.86. The lowest BCUT2D eigenvalue weighted by atomic mass is 9.85. The minimum atomic E-state index is -1.20. The van der Waals surface area contributed by atoms with E-state index in [9.17, 15) is 28.2 Å². The lowest BCUT2D eigenvalue weighted by Crippen LogP contribution is -2.62. The maximum Gasteiger partial charge on any atom is 0.315 e. The summed E-state index contributed by atoms with van der Waals surface area (Å²) in [6, 6.07) is -2.24. The van der Waals surface area contributed by atoms with Crippen molar-refractivity contribution in [1.82, 2.24) is 26.2 Å². The van der Waals surface area contributed by atoms with E-state index in [-0.39, 0.29) is 17.7 Å². The van der Waals surface area contributed by atoms with Crippen molar-refractivity contribution in [1.29, 1.82) is 0 Å². The van der Waals surface area contributed by atoms with Crippen molar-refractivity contribution in [3.63, 3.8) is 0 Å². The van der Waals surface area contributed by atoms with Gasteiger partial charge in [0.1, 0.15) is 12.1 Å². The van der Waals surface area contributed by atoms with Gasteiger partial charge in [-0.1, -0.05) is 47.0 Å². The Morgan fingerprint density at radius 2 is 1.60 bits per heavy atom. The molecule has 0 aromatic carbocycles. The molecule has 1 saturated heterocycles. The molecule has 11 nitrogen and oxygen atoms in total. The van der Waals surface area contributed by atoms with Crippen LogP contribution in [0.25, 0.3) is 0 Å². The van der Waals surface area contributed by atoms with E-state index in [1.54, 1.807) is 0 Å². The molecule has 42 heavy (non-hydrogen) atoms. The van der Waals surface area contributed by atoms with E-state index in [1.165, 1.54) is 4.90 Å². The van der Waals surface area contributed by atoms with Gasteiger partial charge in [-0.05, 0) is 65.2 Å². The Bertz CT molecular complexity index is 1030. The maximum atomic E-state index is 13.8. The topological polar surface area (TPSA) is 154 Å². The molecule has 240 valence electrons. The van der Waals surface area contributed by atoms with Crippen LogP contribution in [0.4, 0.5) is 4.79 Å². The molecule has 1 aliphatic carbocycles. The fourth-order valence-corrected chi connectivity index (χ4v) is 6.09. The van der Waals surface area contributed by atoms with Gasteiger partial charge in [0.15, 0.2) is 0 Å². The molecule has 4 atom stereocenters. The molecular weight excluding hydrogens is 558 g/mol. The third-order valence-electron chi connectivity index (χ3n) is 7.70. The van der Waals surface area contributed by atoms with Crippen molar-refractivity contribution in [3.8, 4) is 0 Å². The summed E-state index contributed by atoms with van der Waals surface area (Å²) in [5.41, 5.74) is -1.42. The molecule has 0 radical (unpaired) electrons. The predicted octanol–water partition coefficient (Wildman–Crippen LogP) is 2.54. The van der Waals surface area contributed by atoms with Crippen LogP contribution in [0.5, 0.6) is 0 Å². The molecule has 2 fully saturated rings. The zero-order chi connectivity index (χ0) is 31.9. The van der Waals surface area contributed by atoms with Gasteiger partial charge in [-0.25, -0.2) is 4.79 Å². The average molecular weight is 612 g/mol. The summed E-state index contributed by atoms with van der Waals surface area (Å²) in [5, 5.41) is 11.0. The summed E-state index contributed by atoms with van der Waals surface area (Å²) < 4.78 is 12.6. The number of rotatable bonds is 14. The predicted molar refractivity (Wildman–Crippen MR) is 164 cm³/mol. The normalized spacial score (nSPS) is 20.2. The highest BCUT2D eigenvalue weighted by atomic mass is 32.2. The van der Waals surface area contributed by atoms with Crippen LogP contribution in [0.1, 0.15) is 107 Å². The number of urea groups is 1. The first-order valence-corrected chi connectivity index (χ1v) is 16.6. The number of amides is 5. The van der Waals surface area contributed by atoms with Crippen molar-refractivity contribution >= 4 is 40.3 Å². The highest BCUT2D eigenvalue weighted by Gasteiger charge is 2.43. The van der Waals surface area contributed by atoms with Crippen LogP contribution in [0.2, 0.25) is 0 Å². The Balaban J connectivity index is 2.10. The van der Waals surface area contributed by atoms with E-state index in [1.807, 2.05) is 48.5 Å². The number of nitrogens with zero attached hydrogens (tertiary/aromatic N) is 1. The number of unbranched alkanes of at least 4 members (excludes halogenated alkanes) is 2. The van der Waals surface area contributed by atoms with Gasteiger partial charge in [-0.2, -0.15) is 0 Å². The Morgan fingerprint density at radius 3 is 2.14 bits per heavy atom. The van der Waals surface area contributed by atoms with Crippen molar-refractivity contribution in [2.75, 3.05) is 18.8 Å². The van der Waals surface area contributed by atoms with Gasteiger partial charge in [0.2, 0.25) is 17.6 Å². The fraction of sp³-hybridized carbons (Fsp3) is 0.833. The molecule has 1 heterocycles. The summed E-state index contributed by atoms with van der Waals surface area (Å²) >= 11 is 0. The van der Waals surface area contributed by atoms with Crippen LogP contribution >= 0.6 is 0 Å². The summed E-state index contributed by atoms with van der Waals surface area (Å²) in [6.45, 7) is 15.1. The molecule has 12 heteroatoms. The summed E-state index contributed by atoms with van der Waals surface area (Å²) in [7, 11) is -1.20. The highest BCUT2D eigenvalue weighted by Crippen LogP contribution is 2.27. The number of nitrogens with one attached hydrogen (secondary N) is 4. The van der Waals surface area contributed by atoms with E-state index in [0.29, 0.717) is 25.8 Å². The summed E-state index contributed by atoms with van der Waals surface area (Å²) in [5.74, 6) is -2.05. The lowest BCUT2D eigenvalue weighted by molar-refractivity contribution is -0.142. The van der Waals surface area contributed by atoms with E-state index in [2.05, 4.69) is 28.2 Å². The smallest absolute Gasteiger partial charge is 0.315 e. The second-order valence-corrected chi connectivity index (χ2v) is 16.3. The molecule has 2 rings (SSSR count). The lowest BCUT2D eigenvalue weighted by Gasteiger charge is -2.37. The number of carbonyl (C=O) groups is 5. The third kappa shape index (κ3) is 11.0. The summed E-state index contributed by atoms with van der Waals surface area (Å²) in [6.07, 6.45) is 6.22. The zero-order valence-electron chi connectivity index (χ0n) is 26.8. The number of ketones is 1. The van der Waals surface area contributed by atoms with E-state index >= 15 is 0 Å². The Hall–Kier alpha value is -2.50. The van der Waals surface area contributed by atoms with Crippen molar-refractivity contribution in [3.05, 3.63) is 0 Å². The second-order valence-electron chi connectivity index (χ2n) is 14.1. The van der Waals surface area contributed by atoms with Gasteiger partial charge < -0.3 is 26.2 Å². The second kappa shape index (κ2) is 14.8. The Morgan fingerprint density at radius 1 is 0.952 bits per heavy atom. The monoisotopic (exact) mass is 611 g/mol. The van der Waals surface area contributed by atoms with Gasteiger partial charge >= 0.3 is 6.03 Å². The molecule has 4 unspecified atom stereocenters. The first-order chi connectivity index (χ1) is 19.4. The van der Waals surface area contributed by atoms with Crippen LogP contribution in [0, 0.1) is 5.41 Å². The molecule has 5 amide bonds. The third-order valence-corrected chi connectivity index (χ3v) is 9.96. The van der Waals surface area contributed by atoms with Crippen LogP contribution in [0.3, 0.4) is 0 Å². The minimum absolute atomic E-state index is 0.0361. The molecule has 4 N–H and O–H groups in total. The van der Waals surface area contributed by atoms with Gasteiger partial charge in [0.25, 0.3) is 5.91 Å². The summed E-state index contributed by atoms with van der Waals surface area (Å²) in [4.78, 5) is 65.7. The molecule has 1 saturated carbocycles. The zero-order valence-corrected chi connectivity index (χ0v) is 27.6. The molecule has 0 aromatic rings. The van der Waals surface area contributed by atoms with E-state index < -0.39 is 68.8 Å². The minimum Gasteiger partial charge on any atom is -0.347 e. The molecular formula is C30H53N5O6S. The van der Waals surface area contributed by atoms with Crippen molar-refractivity contribution in [2.45, 2.75) is 135 Å². The number of hydrogen-bond donors (Lipinski definition) is 4. The van der Waals surface area contributed by atoms with Gasteiger partial charge in [0, 0.05) is 33.9 Å². The number of likely N-dealkylation sites (tertiary alicyclic amines) is 1. The quantitative estimate of drug-likeness (QED) is 0.175. The van der Waals surface area contributed by atoms with Crippen LogP contribution in [-0.4, -0.2) is 85.9 Å². The standard InChI is InChI=1S/C30H53N5O6S/c1-9-10-11-16-30(8,19-42(41)29(5,6)7)34-27(40)33-23(28(2,3)4)26(39)35-17-12-13-21(35)24(37)31-18-22(36)25(38)32-20-14-15-20/h20-21,23H,9-19H2,1-8H3,(H,31,37)(H,32,38)(H2,33,34,40). The number of hydrogen-bond acceptors (Lipinski definition) is 6. The van der Waals surface area contributed by atoms with Crippen LogP contribution in [-0.2, 0) is 30.0 Å². The number of carbonyl (C=O) groups excluding carboxylic acids is 5. The van der Waals surface area contributed by atoms with Crippen LogP contribution < -0.4 is 21.3 Å². The van der Waals surface area contributed by atoms with E-state index in [0.717, 1.165) is 32.1 Å². The average Bonchev–Trinajstić information content (AvgIpc) is 3.54. The molecule has 0 aromatic heterocycles. The molecule has 2 aliphatic rings. The molecule has 0 spiro atoms. The SMILES string of the molecule is CCCCCC(C)(CS(=O)C(C)(C)C)NC(=O)NC(C(=O)N1CCCC1C(=O)NCC(=O)C(=O)NC1CC1)C(C)(C)C. The number of Topliss-reactive ketones (excluding diaryl/α,β-unsaturated/α-hetero) is 1. The van der Waals surface area contributed by atoms with Gasteiger partial charge in [0.05, 0.1) is 12.1 Å². The Labute approximate surface area is 253 Å². The fourth-order valence-electron chi connectivity index (χ4n) is 4.86. The maximum absolute atomic E-state index is 13.8. The molecule has 0 bridgehead atoms. The van der Waals surface area contributed by atoms with Gasteiger partial charge in [-0.15, -0.1) is 0 Å². The van der Waals surface area contributed by atoms with Gasteiger partial charge in [-0.3, -0.25) is 23.4 Å². The van der Waals surface area contributed by atoms with Crippen LogP contribution in [0.15, 0.2) is 0 Å². The molecule has 1 aliphatic heterocycles. The first kappa shape index (κ1) is 35.7. The van der Waals surface area contributed by atoms with E-state index in [4.69, 9.17) is 0 Å².